The molecule has 0 amide bonds. The molecule has 1 aromatic rings. The molecule has 3 heteroatoms. The van der Waals surface area contributed by atoms with Crippen LogP contribution in [0.5, 0.6) is 0 Å². The first-order chi connectivity index (χ1) is 6.24. The Labute approximate surface area is 87.7 Å². The van der Waals surface area contributed by atoms with Gasteiger partial charge in [0.2, 0.25) is 0 Å². The molecule has 0 heterocycles. The van der Waals surface area contributed by atoms with Crippen molar-refractivity contribution in [2.45, 2.75) is 22.5 Å². The van der Waals surface area contributed by atoms with Crippen LogP contribution in [0.2, 0.25) is 5.02 Å². The van der Waals surface area contributed by atoms with Gasteiger partial charge in [0.15, 0.2) is 0 Å². The van der Waals surface area contributed by atoms with Gasteiger partial charge in [0, 0.05) is 21.2 Å². The van der Waals surface area contributed by atoms with Crippen LogP contribution in [-0.2, 0) is 0 Å². The van der Waals surface area contributed by atoms with E-state index in [1.54, 1.807) is 0 Å². The van der Waals surface area contributed by atoms with Gasteiger partial charge >= 0.3 is 0 Å². The molecule has 70 valence electrons. The van der Waals surface area contributed by atoms with Crippen molar-refractivity contribution in [3.8, 4) is 0 Å². The number of hydrogen-bond acceptors (Lipinski definition) is 2. The van der Waals surface area contributed by atoms with E-state index in [2.05, 4.69) is 12.1 Å². The summed E-state index contributed by atoms with van der Waals surface area (Å²) in [5, 5.41) is 0.793. The summed E-state index contributed by atoms with van der Waals surface area (Å²) in [5.74, 6) is 0. The van der Waals surface area contributed by atoms with Crippen LogP contribution in [0.1, 0.15) is 12.8 Å². The summed E-state index contributed by atoms with van der Waals surface area (Å²) in [4.78, 5) is 1.27. The summed E-state index contributed by atoms with van der Waals surface area (Å²) < 4.78 is 0.341. The number of halogens is 1. The Kier molecular flexibility index (Phi) is 2.54. The lowest BCUT2D eigenvalue weighted by Gasteiger charge is -2.11. The first-order valence-corrected chi connectivity index (χ1v) is 5.58. The molecule has 1 fully saturated rings. The monoisotopic (exact) mass is 213 g/mol. The largest absolute Gasteiger partial charge is 0.329 e. The first kappa shape index (κ1) is 9.38. The second-order valence-corrected chi connectivity index (χ2v) is 5.42. The lowest BCUT2D eigenvalue weighted by atomic mass is 10.4. The van der Waals surface area contributed by atoms with Crippen molar-refractivity contribution >= 4 is 23.4 Å². The van der Waals surface area contributed by atoms with Gasteiger partial charge in [-0.15, -0.1) is 11.8 Å². The molecule has 1 aliphatic carbocycles. The van der Waals surface area contributed by atoms with Gasteiger partial charge in [0.25, 0.3) is 0 Å². The van der Waals surface area contributed by atoms with Crippen LogP contribution in [0.25, 0.3) is 0 Å². The van der Waals surface area contributed by atoms with Crippen LogP contribution in [0.15, 0.2) is 29.2 Å². The number of benzene rings is 1. The Bertz CT molecular complexity index is 292. The molecule has 0 aliphatic heterocycles. The minimum atomic E-state index is 0.341. The van der Waals surface area contributed by atoms with Crippen molar-refractivity contribution in [2.24, 2.45) is 5.73 Å². The number of hydrogen-bond donors (Lipinski definition) is 1. The average Bonchev–Trinajstić information content (AvgIpc) is 2.90. The van der Waals surface area contributed by atoms with Crippen LogP contribution in [-0.4, -0.2) is 11.3 Å². The SMILES string of the molecule is NCC1(Sc2ccc(Cl)cc2)CC1. The van der Waals surface area contributed by atoms with Crippen molar-refractivity contribution in [3.05, 3.63) is 29.3 Å². The second kappa shape index (κ2) is 3.52. The van der Waals surface area contributed by atoms with Gasteiger partial charge < -0.3 is 5.73 Å². The maximum absolute atomic E-state index is 5.80. The molecule has 1 aliphatic rings. The summed E-state index contributed by atoms with van der Waals surface area (Å²) in [7, 11) is 0. The Morgan fingerprint density at radius 1 is 1.31 bits per heavy atom. The molecule has 0 spiro atoms. The Hall–Kier alpha value is -0.180. The predicted molar refractivity (Wildman–Crippen MR) is 58.3 cm³/mol. The average molecular weight is 214 g/mol. The molecule has 0 radical (unpaired) electrons. The normalized spacial score (nSPS) is 18.6. The first-order valence-electron chi connectivity index (χ1n) is 4.39. The second-order valence-electron chi connectivity index (χ2n) is 3.44. The lowest BCUT2D eigenvalue weighted by Crippen LogP contribution is -2.17. The molecular weight excluding hydrogens is 202 g/mol. The Morgan fingerprint density at radius 2 is 1.92 bits per heavy atom. The highest BCUT2D eigenvalue weighted by Crippen LogP contribution is 2.50. The van der Waals surface area contributed by atoms with E-state index >= 15 is 0 Å². The number of thioether (sulfide) groups is 1. The molecule has 1 aromatic carbocycles. The van der Waals surface area contributed by atoms with E-state index in [1.807, 2.05) is 23.9 Å². The zero-order chi connectivity index (χ0) is 9.31. The lowest BCUT2D eigenvalue weighted by molar-refractivity contribution is 0.900. The summed E-state index contributed by atoms with van der Waals surface area (Å²) in [6.07, 6.45) is 2.49. The Balaban J connectivity index is 2.06. The number of rotatable bonds is 3. The van der Waals surface area contributed by atoms with E-state index in [9.17, 15) is 0 Å². The van der Waals surface area contributed by atoms with Gasteiger partial charge in [-0.3, -0.25) is 0 Å². The molecule has 2 rings (SSSR count). The standard InChI is InChI=1S/C10H12ClNS/c11-8-1-3-9(4-2-8)13-10(7-12)5-6-10/h1-4H,5-7,12H2. The molecule has 2 N–H and O–H groups in total. The van der Waals surface area contributed by atoms with Gasteiger partial charge in [0.05, 0.1) is 0 Å². The molecular formula is C10H12ClNS. The zero-order valence-corrected chi connectivity index (χ0v) is 8.87. The molecule has 1 saturated carbocycles. The van der Waals surface area contributed by atoms with Gasteiger partial charge in [-0.2, -0.15) is 0 Å². The third kappa shape index (κ3) is 2.19. The Morgan fingerprint density at radius 3 is 2.38 bits per heavy atom. The molecule has 0 unspecified atom stereocenters. The highest BCUT2D eigenvalue weighted by molar-refractivity contribution is 8.01. The minimum absolute atomic E-state index is 0.341. The maximum atomic E-state index is 5.80. The molecule has 0 aromatic heterocycles. The maximum Gasteiger partial charge on any atom is 0.0406 e. The fourth-order valence-corrected chi connectivity index (χ4v) is 2.53. The predicted octanol–water partition coefficient (Wildman–Crippen LogP) is 2.92. The van der Waals surface area contributed by atoms with Gasteiger partial charge in [-0.25, -0.2) is 0 Å². The topological polar surface area (TPSA) is 26.0 Å². The molecule has 1 nitrogen and oxygen atoms in total. The fraction of sp³-hybridized carbons (Fsp3) is 0.400. The molecule has 0 saturated heterocycles. The van der Waals surface area contributed by atoms with Gasteiger partial charge in [-0.1, -0.05) is 11.6 Å². The van der Waals surface area contributed by atoms with Gasteiger partial charge in [-0.05, 0) is 37.1 Å². The molecule has 0 bridgehead atoms. The van der Waals surface area contributed by atoms with E-state index in [4.69, 9.17) is 17.3 Å². The van der Waals surface area contributed by atoms with E-state index in [0.717, 1.165) is 11.6 Å². The summed E-state index contributed by atoms with van der Waals surface area (Å²) in [6.45, 7) is 0.778. The van der Waals surface area contributed by atoms with Crippen LogP contribution < -0.4 is 5.73 Å². The van der Waals surface area contributed by atoms with Crippen molar-refractivity contribution in [1.29, 1.82) is 0 Å². The van der Waals surface area contributed by atoms with Crippen molar-refractivity contribution < 1.29 is 0 Å². The van der Waals surface area contributed by atoms with Crippen molar-refractivity contribution in [2.75, 3.05) is 6.54 Å². The zero-order valence-electron chi connectivity index (χ0n) is 7.29. The third-order valence-electron chi connectivity index (χ3n) is 2.33. The van der Waals surface area contributed by atoms with Crippen LogP contribution >= 0.6 is 23.4 Å². The van der Waals surface area contributed by atoms with Crippen LogP contribution in [0.4, 0.5) is 0 Å². The fourth-order valence-electron chi connectivity index (χ4n) is 1.24. The van der Waals surface area contributed by atoms with E-state index in [-0.39, 0.29) is 0 Å². The molecule has 13 heavy (non-hydrogen) atoms. The van der Waals surface area contributed by atoms with Crippen LogP contribution in [0.3, 0.4) is 0 Å². The third-order valence-corrected chi connectivity index (χ3v) is 4.10. The van der Waals surface area contributed by atoms with Crippen molar-refractivity contribution in [1.82, 2.24) is 0 Å². The quantitative estimate of drug-likeness (QED) is 0.836. The highest BCUT2D eigenvalue weighted by Gasteiger charge is 2.42. The van der Waals surface area contributed by atoms with E-state index < -0.39 is 0 Å². The van der Waals surface area contributed by atoms with E-state index in [0.29, 0.717) is 4.75 Å². The number of nitrogens with two attached hydrogens (primary N) is 1. The summed E-state index contributed by atoms with van der Waals surface area (Å²) in [6, 6.07) is 7.97. The summed E-state index contributed by atoms with van der Waals surface area (Å²) >= 11 is 7.68. The van der Waals surface area contributed by atoms with E-state index in [1.165, 1.54) is 17.7 Å². The van der Waals surface area contributed by atoms with Crippen LogP contribution in [0, 0.1) is 0 Å². The summed E-state index contributed by atoms with van der Waals surface area (Å²) in [5.41, 5.74) is 5.70. The minimum Gasteiger partial charge on any atom is -0.329 e. The van der Waals surface area contributed by atoms with Gasteiger partial charge in [0.1, 0.15) is 0 Å². The molecule has 0 atom stereocenters. The smallest absolute Gasteiger partial charge is 0.0406 e. The highest BCUT2D eigenvalue weighted by atomic mass is 35.5. The van der Waals surface area contributed by atoms with Crippen molar-refractivity contribution in [3.63, 3.8) is 0 Å².